The standard InChI is InChI=1S/C17H21F2N3S/c1-11(21-14-5-7-23-8-6-14)15-10-20-22(12(15)2)17-4-3-13(18)9-16(17)19/h3-4,9-11,14,21H,5-8H2,1-2H3/t11-/m1/s1. The Morgan fingerprint density at radius 1 is 1.30 bits per heavy atom. The van der Waals surface area contributed by atoms with Gasteiger partial charge in [-0.15, -0.1) is 0 Å². The molecule has 3 nitrogen and oxygen atoms in total. The maximum absolute atomic E-state index is 14.0. The van der Waals surface area contributed by atoms with E-state index in [-0.39, 0.29) is 11.7 Å². The summed E-state index contributed by atoms with van der Waals surface area (Å²) < 4.78 is 28.6. The van der Waals surface area contributed by atoms with Crippen molar-refractivity contribution in [2.24, 2.45) is 0 Å². The van der Waals surface area contributed by atoms with Gasteiger partial charge in [-0.3, -0.25) is 0 Å². The van der Waals surface area contributed by atoms with E-state index in [0.717, 1.165) is 17.3 Å². The van der Waals surface area contributed by atoms with Gasteiger partial charge in [0, 0.05) is 29.4 Å². The van der Waals surface area contributed by atoms with Crippen LogP contribution in [0.1, 0.15) is 37.1 Å². The van der Waals surface area contributed by atoms with Gasteiger partial charge in [-0.2, -0.15) is 16.9 Å². The lowest BCUT2D eigenvalue weighted by molar-refractivity contribution is 0.430. The summed E-state index contributed by atoms with van der Waals surface area (Å²) in [7, 11) is 0. The van der Waals surface area contributed by atoms with Crippen LogP contribution in [0.2, 0.25) is 0 Å². The van der Waals surface area contributed by atoms with E-state index in [2.05, 4.69) is 17.3 Å². The van der Waals surface area contributed by atoms with Gasteiger partial charge in [-0.1, -0.05) is 0 Å². The van der Waals surface area contributed by atoms with Crippen LogP contribution in [0.15, 0.2) is 24.4 Å². The molecule has 124 valence electrons. The van der Waals surface area contributed by atoms with Gasteiger partial charge in [-0.05, 0) is 50.3 Å². The minimum atomic E-state index is -0.604. The van der Waals surface area contributed by atoms with E-state index < -0.39 is 11.6 Å². The van der Waals surface area contributed by atoms with E-state index in [1.165, 1.54) is 36.5 Å². The molecule has 0 aliphatic carbocycles. The molecule has 0 spiro atoms. The Morgan fingerprint density at radius 3 is 2.74 bits per heavy atom. The summed E-state index contributed by atoms with van der Waals surface area (Å²) in [4.78, 5) is 0. The van der Waals surface area contributed by atoms with Crippen molar-refractivity contribution in [2.45, 2.75) is 38.8 Å². The van der Waals surface area contributed by atoms with E-state index >= 15 is 0 Å². The number of hydrogen-bond acceptors (Lipinski definition) is 3. The van der Waals surface area contributed by atoms with E-state index in [1.807, 2.05) is 18.7 Å². The van der Waals surface area contributed by atoms with E-state index in [4.69, 9.17) is 0 Å². The monoisotopic (exact) mass is 337 g/mol. The van der Waals surface area contributed by atoms with Crippen LogP contribution in [0.25, 0.3) is 5.69 Å². The Bertz CT molecular complexity index is 680. The van der Waals surface area contributed by atoms with E-state index in [1.54, 1.807) is 10.9 Å². The molecule has 0 unspecified atom stereocenters. The highest BCUT2D eigenvalue weighted by Gasteiger charge is 2.20. The summed E-state index contributed by atoms with van der Waals surface area (Å²) in [6.45, 7) is 4.02. The van der Waals surface area contributed by atoms with Crippen LogP contribution in [-0.2, 0) is 0 Å². The molecule has 3 rings (SSSR count). The maximum atomic E-state index is 14.0. The summed E-state index contributed by atoms with van der Waals surface area (Å²) >= 11 is 2.00. The van der Waals surface area contributed by atoms with Crippen LogP contribution in [-0.4, -0.2) is 27.3 Å². The lowest BCUT2D eigenvalue weighted by atomic mass is 10.1. The molecule has 1 aromatic heterocycles. The minimum absolute atomic E-state index is 0.153. The normalized spacial score (nSPS) is 17.4. The fourth-order valence-electron chi connectivity index (χ4n) is 3.05. The van der Waals surface area contributed by atoms with Crippen LogP contribution in [0.5, 0.6) is 0 Å². The molecule has 2 heterocycles. The lowest BCUT2D eigenvalue weighted by Gasteiger charge is -2.26. The van der Waals surface area contributed by atoms with Gasteiger partial charge >= 0.3 is 0 Å². The molecule has 0 bridgehead atoms. The van der Waals surface area contributed by atoms with Gasteiger partial charge in [-0.25, -0.2) is 13.5 Å². The molecule has 23 heavy (non-hydrogen) atoms. The highest BCUT2D eigenvalue weighted by molar-refractivity contribution is 7.99. The molecule has 1 N–H and O–H groups in total. The van der Waals surface area contributed by atoms with Crippen LogP contribution in [0, 0.1) is 18.6 Å². The number of aromatic nitrogens is 2. The predicted octanol–water partition coefficient (Wildman–Crippen LogP) is 4.01. The molecule has 1 aromatic carbocycles. The van der Waals surface area contributed by atoms with Gasteiger partial charge in [0.25, 0.3) is 0 Å². The second-order valence-electron chi connectivity index (χ2n) is 5.97. The maximum Gasteiger partial charge on any atom is 0.151 e. The first kappa shape index (κ1) is 16.5. The molecule has 0 amide bonds. The molecule has 1 saturated heterocycles. The topological polar surface area (TPSA) is 29.9 Å². The minimum Gasteiger partial charge on any atom is -0.307 e. The quantitative estimate of drug-likeness (QED) is 0.914. The molecule has 0 radical (unpaired) electrons. The number of rotatable bonds is 4. The predicted molar refractivity (Wildman–Crippen MR) is 90.1 cm³/mol. The fourth-order valence-corrected chi connectivity index (χ4v) is 4.16. The van der Waals surface area contributed by atoms with Crippen LogP contribution >= 0.6 is 11.8 Å². The Labute approximate surface area is 139 Å². The molecule has 1 aliphatic rings. The largest absolute Gasteiger partial charge is 0.307 e. The second kappa shape index (κ2) is 7.01. The Kier molecular flexibility index (Phi) is 5.02. The number of hydrogen-bond donors (Lipinski definition) is 1. The first-order valence-electron chi connectivity index (χ1n) is 7.90. The fraction of sp³-hybridized carbons (Fsp3) is 0.471. The summed E-state index contributed by atoms with van der Waals surface area (Å²) in [6.07, 6.45) is 4.12. The lowest BCUT2D eigenvalue weighted by Crippen LogP contribution is -2.34. The Morgan fingerprint density at radius 2 is 2.04 bits per heavy atom. The summed E-state index contributed by atoms with van der Waals surface area (Å²) in [6, 6.07) is 4.24. The number of benzene rings is 1. The third kappa shape index (κ3) is 3.58. The second-order valence-corrected chi connectivity index (χ2v) is 7.19. The average Bonchev–Trinajstić information content (AvgIpc) is 2.90. The summed E-state index contributed by atoms with van der Waals surface area (Å²) in [5.74, 6) is 1.21. The average molecular weight is 337 g/mol. The van der Waals surface area contributed by atoms with Crippen molar-refractivity contribution in [3.8, 4) is 5.69 Å². The van der Waals surface area contributed by atoms with Crippen molar-refractivity contribution >= 4 is 11.8 Å². The zero-order valence-corrected chi connectivity index (χ0v) is 14.2. The van der Waals surface area contributed by atoms with Gasteiger partial charge in [0.15, 0.2) is 5.82 Å². The smallest absolute Gasteiger partial charge is 0.151 e. The zero-order valence-electron chi connectivity index (χ0n) is 13.4. The van der Waals surface area contributed by atoms with Gasteiger partial charge in [0.05, 0.1) is 6.20 Å². The summed E-state index contributed by atoms with van der Waals surface area (Å²) in [5, 5.41) is 7.94. The van der Waals surface area contributed by atoms with Crippen molar-refractivity contribution in [1.29, 1.82) is 0 Å². The molecule has 6 heteroatoms. The van der Waals surface area contributed by atoms with E-state index in [0.29, 0.717) is 6.04 Å². The van der Waals surface area contributed by atoms with Crippen molar-refractivity contribution < 1.29 is 8.78 Å². The molecule has 1 atom stereocenters. The molecule has 1 fully saturated rings. The molecular weight excluding hydrogens is 316 g/mol. The van der Waals surface area contributed by atoms with Crippen LogP contribution < -0.4 is 5.32 Å². The third-order valence-electron chi connectivity index (χ3n) is 4.36. The summed E-state index contributed by atoms with van der Waals surface area (Å²) in [5.41, 5.74) is 2.20. The first-order chi connectivity index (χ1) is 11.1. The molecule has 2 aromatic rings. The first-order valence-corrected chi connectivity index (χ1v) is 9.05. The van der Waals surface area contributed by atoms with Crippen molar-refractivity contribution in [1.82, 2.24) is 15.1 Å². The number of nitrogens with one attached hydrogen (secondary N) is 1. The zero-order chi connectivity index (χ0) is 16.4. The third-order valence-corrected chi connectivity index (χ3v) is 5.41. The molecule has 1 aliphatic heterocycles. The highest BCUT2D eigenvalue weighted by atomic mass is 32.2. The van der Waals surface area contributed by atoms with Gasteiger partial charge in [0.1, 0.15) is 11.5 Å². The number of nitrogens with zero attached hydrogens (tertiary/aromatic N) is 2. The Hall–Kier alpha value is -1.40. The van der Waals surface area contributed by atoms with Crippen LogP contribution in [0.3, 0.4) is 0 Å². The highest BCUT2D eigenvalue weighted by Crippen LogP contribution is 2.25. The molecular formula is C17H21F2N3S. The van der Waals surface area contributed by atoms with Crippen molar-refractivity contribution in [2.75, 3.05) is 11.5 Å². The van der Waals surface area contributed by atoms with Gasteiger partial charge in [0.2, 0.25) is 0 Å². The Balaban J connectivity index is 1.80. The van der Waals surface area contributed by atoms with Crippen LogP contribution in [0.4, 0.5) is 8.78 Å². The van der Waals surface area contributed by atoms with Gasteiger partial charge < -0.3 is 5.32 Å². The molecule has 0 saturated carbocycles. The SMILES string of the molecule is Cc1c([C@@H](C)NC2CCSCC2)cnn1-c1ccc(F)cc1F. The van der Waals surface area contributed by atoms with Crippen molar-refractivity contribution in [3.05, 3.63) is 47.3 Å². The number of halogens is 2. The number of thioether (sulfide) groups is 1. The van der Waals surface area contributed by atoms with Crippen molar-refractivity contribution in [3.63, 3.8) is 0 Å². The van der Waals surface area contributed by atoms with E-state index in [9.17, 15) is 8.78 Å².